The number of aryl methyl sites for hydroxylation is 1. The molecular weight excluding hydrogens is 402 g/mol. The molecule has 0 N–H and O–H groups in total. The lowest BCUT2D eigenvalue weighted by Gasteiger charge is -2.37. The van der Waals surface area contributed by atoms with Crippen LogP contribution in [0.4, 0.5) is 5.69 Å². The van der Waals surface area contributed by atoms with Crippen molar-refractivity contribution in [3.63, 3.8) is 0 Å². The smallest absolute Gasteiger partial charge is 0.255 e. The Morgan fingerprint density at radius 1 is 0.871 bits per heavy atom. The van der Waals surface area contributed by atoms with Crippen molar-refractivity contribution in [2.75, 3.05) is 31.1 Å². The number of anilines is 1. The van der Waals surface area contributed by atoms with E-state index in [2.05, 4.69) is 43.0 Å². The molecule has 3 aromatic rings. The number of nitriles is 1. The van der Waals surface area contributed by atoms with Crippen LogP contribution in [0.2, 0.25) is 0 Å². The third-order valence-corrected chi connectivity index (χ3v) is 6.98. The average Bonchev–Trinajstić information content (AvgIpc) is 2.81. The van der Waals surface area contributed by atoms with Crippen LogP contribution >= 0.6 is 11.8 Å². The number of nitrogens with zero attached hydrogens (tertiary/aromatic N) is 3. The number of amides is 1. The van der Waals surface area contributed by atoms with E-state index in [0.717, 1.165) is 22.9 Å². The lowest BCUT2D eigenvalue weighted by atomic mass is 10.1. The summed E-state index contributed by atoms with van der Waals surface area (Å²) < 4.78 is 0. The molecule has 1 amide bonds. The van der Waals surface area contributed by atoms with Crippen LogP contribution in [0.25, 0.3) is 0 Å². The highest BCUT2D eigenvalue weighted by Gasteiger charge is 2.25. The maximum Gasteiger partial charge on any atom is 0.255 e. The first-order valence-corrected chi connectivity index (χ1v) is 11.3. The number of benzene rings is 3. The van der Waals surface area contributed by atoms with E-state index >= 15 is 0 Å². The summed E-state index contributed by atoms with van der Waals surface area (Å²) in [5.41, 5.74) is 5.17. The van der Waals surface area contributed by atoms with Crippen molar-refractivity contribution in [3.05, 3.63) is 89.0 Å². The molecule has 0 atom stereocenters. The van der Waals surface area contributed by atoms with E-state index in [1.54, 1.807) is 6.07 Å². The number of rotatable bonds is 4. The summed E-state index contributed by atoms with van der Waals surface area (Å²) in [6, 6.07) is 23.8. The number of piperazine rings is 1. The van der Waals surface area contributed by atoms with Gasteiger partial charge in [-0.25, -0.2) is 0 Å². The number of hydrogen-bond donors (Lipinski definition) is 0. The molecule has 0 unspecified atom stereocenters. The molecule has 1 saturated heterocycles. The monoisotopic (exact) mass is 427 g/mol. The fourth-order valence-corrected chi connectivity index (χ4v) is 4.92. The first kappa shape index (κ1) is 21.0. The molecule has 0 aliphatic carbocycles. The van der Waals surface area contributed by atoms with E-state index in [1.165, 1.54) is 28.6 Å². The molecule has 1 heterocycles. The van der Waals surface area contributed by atoms with E-state index in [9.17, 15) is 10.1 Å². The lowest BCUT2D eigenvalue weighted by Crippen LogP contribution is -2.49. The maximum absolute atomic E-state index is 13.4. The fourth-order valence-electron chi connectivity index (χ4n) is 3.90. The number of carbonyl (C=O) groups is 1. The van der Waals surface area contributed by atoms with Crippen LogP contribution in [0.5, 0.6) is 0 Å². The normalized spacial score (nSPS) is 13.7. The molecule has 1 fully saturated rings. The van der Waals surface area contributed by atoms with E-state index in [-0.39, 0.29) is 5.91 Å². The molecule has 0 radical (unpaired) electrons. The third kappa shape index (κ3) is 4.45. The first-order chi connectivity index (χ1) is 15.1. The minimum absolute atomic E-state index is 0.0538. The van der Waals surface area contributed by atoms with Gasteiger partial charge in [-0.2, -0.15) is 5.26 Å². The van der Waals surface area contributed by atoms with Gasteiger partial charge < -0.3 is 9.80 Å². The van der Waals surface area contributed by atoms with E-state index in [0.29, 0.717) is 24.2 Å². The molecule has 156 valence electrons. The number of hydrogen-bond acceptors (Lipinski definition) is 4. The molecule has 4 nitrogen and oxygen atoms in total. The van der Waals surface area contributed by atoms with Crippen molar-refractivity contribution in [2.45, 2.75) is 23.6 Å². The van der Waals surface area contributed by atoms with E-state index in [4.69, 9.17) is 0 Å². The summed E-state index contributed by atoms with van der Waals surface area (Å²) in [5.74, 6) is 0.0538. The van der Waals surface area contributed by atoms with Gasteiger partial charge in [0, 0.05) is 41.7 Å². The van der Waals surface area contributed by atoms with Crippen LogP contribution in [0.15, 0.2) is 76.5 Å². The van der Waals surface area contributed by atoms with Gasteiger partial charge in [0.05, 0.1) is 11.1 Å². The fraction of sp³-hybridized carbons (Fsp3) is 0.231. The second-order valence-electron chi connectivity index (χ2n) is 7.70. The molecule has 0 bridgehead atoms. The molecule has 1 aliphatic heterocycles. The van der Waals surface area contributed by atoms with Gasteiger partial charge in [-0.3, -0.25) is 4.79 Å². The average molecular weight is 428 g/mol. The molecule has 5 heteroatoms. The van der Waals surface area contributed by atoms with E-state index < -0.39 is 0 Å². The van der Waals surface area contributed by atoms with Crippen molar-refractivity contribution >= 4 is 23.4 Å². The van der Waals surface area contributed by atoms with Gasteiger partial charge in [0.25, 0.3) is 5.91 Å². The Kier molecular flexibility index (Phi) is 6.29. The summed E-state index contributed by atoms with van der Waals surface area (Å²) in [6.45, 7) is 7.33. The van der Waals surface area contributed by atoms with Crippen LogP contribution in [-0.4, -0.2) is 37.0 Å². The Balaban J connectivity index is 1.50. The highest BCUT2D eigenvalue weighted by molar-refractivity contribution is 7.99. The van der Waals surface area contributed by atoms with Crippen molar-refractivity contribution in [2.24, 2.45) is 0 Å². The van der Waals surface area contributed by atoms with Gasteiger partial charge in [-0.1, -0.05) is 48.2 Å². The summed E-state index contributed by atoms with van der Waals surface area (Å²) in [7, 11) is 0. The molecule has 1 aliphatic rings. The van der Waals surface area contributed by atoms with Crippen LogP contribution in [0.3, 0.4) is 0 Å². The Labute approximate surface area is 188 Å². The summed E-state index contributed by atoms with van der Waals surface area (Å²) in [4.78, 5) is 19.4. The summed E-state index contributed by atoms with van der Waals surface area (Å²) >= 11 is 1.48. The highest BCUT2D eigenvalue weighted by atomic mass is 32.2. The van der Waals surface area contributed by atoms with Crippen molar-refractivity contribution in [1.29, 1.82) is 5.26 Å². The Morgan fingerprint density at radius 3 is 2.29 bits per heavy atom. The van der Waals surface area contributed by atoms with Gasteiger partial charge in [-0.05, 0) is 55.3 Å². The van der Waals surface area contributed by atoms with Crippen molar-refractivity contribution in [3.8, 4) is 6.07 Å². The topological polar surface area (TPSA) is 47.3 Å². The zero-order valence-electron chi connectivity index (χ0n) is 17.8. The highest BCUT2D eigenvalue weighted by Crippen LogP contribution is 2.33. The zero-order valence-corrected chi connectivity index (χ0v) is 18.7. The van der Waals surface area contributed by atoms with Crippen LogP contribution < -0.4 is 4.90 Å². The minimum atomic E-state index is 0.0538. The van der Waals surface area contributed by atoms with Gasteiger partial charge in [0.1, 0.15) is 6.07 Å². The third-order valence-electron chi connectivity index (χ3n) is 5.83. The Hall–Kier alpha value is -3.23. The standard InChI is InChI=1S/C26H25N3OS/c1-19-8-7-11-23(20(19)2)28-14-16-29(17-15-28)26(30)22-10-4-6-13-25(22)31-24-12-5-3-9-21(24)18-27/h3-13H,14-17H2,1-2H3. The van der Waals surface area contributed by atoms with E-state index in [1.807, 2.05) is 47.4 Å². The van der Waals surface area contributed by atoms with Gasteiger partial charge in [-0.15, -0.1) is 0 Å². The first-order valence-electron chi connectivity index (χ1n) is 10.4. The molecule has 0 saturated carbocycles. The Bertz CT molecular complexity index is 1140. The van der Waals surface area contributed by atoms with Crippen LogP contribution in [0, 0.1) is 25.2 Å². The molecule has 31 heavy (non-hydrogen) atoms. The molecule has 3 aromatic carbocycles. The van der Waals surface area contributed by atoms with Crippen molar-refractivity contribution < 1.29 is 4.79 Å². The second-order valence-corrected chi connectivity index (χ2v) is 8.79. The zero-order chi connectivity index (χ0) is 21.8. The van der Waals surface area contributed by atoms with Crippen molar-refractivity contribution in [1.82, 2.24) is 4.90 Å². The lowest BCUT2D eigenvalue weighted by molar-refractivity contribution is 0.0743. The van der Waals surface area contributed by atoms with Crippen LogP contribution in [-0.2, 0) is 0 Å². The van der Waals surface area contributed by atoms with Gasteiger partial charge in [0.15, 0.2) is 0 Å². The minimum Gasteiger partial charge on any atom is -0.368 e. The largest absolute Gasteiger partial charge is 0.368 e. The maximum atomic E-state index is 13.4. The predicted octanol–water partition coefficient (Wildman–Crippen LogP) is 5.29. The summed E-state index contributed by atoms with van der Waals surface area (Å²) in [5, 5.41) is 9.39. The van der Waals surface area contributed by atoms with Gasteiger partial charge in [0.2, 0.25) is 0 Å². The Morgan fingerprint density at radius 2 is 1.55 bits per heavy atom. The SMILES string of the molecule is Cc1cccc(N2CCN(C(=O)c3ccccc3Sc3ccccc3C#N)CC2)c1C. The molecule has 4 rings (SSSR count). The van der Waals surface area contributed by atoms with Gasteiger partial charge >= 0.3 is 0 Å². The number of carbonyl (C=O) groups excluding carboxylic acids is 1. The predicted molar refractivity (Wildman–Crippen MR) is 126 cm³/mol. The van der Waals surface area contributed by atoms with Crippen LogP contribution in [0.1, 0.15) is 27.0 Å². The molecular formula is C26H25N3OS. The molecule has 0 spiro atoms. The quantitative estimate of drug-likeness (QED) is 0.568. The summed E-state index contributed by atoms with van der Waals surface area (Å²) in [6.07, 6.45) is 0. The molecule has 0 aromatic heterocycles. The second kappa shape index (κ2) is 9.28.